The zero-order chi connectivity index (χ0) is 32.9. The van der Waals surface area contributed by atoms with Crippen LogP contribution in [0, 0.1) is 31.0 Å². The van der Waals surface area contributed by atoms with Crippen molar-refractivity contribution in [2.24, 2.45) is 14.1 Å². The summed E-state index contributed by atoms with van der Waals surface area (Å²) < 4.78 is 19.3. The van der Waals surface area contributed by atoms with E-state index in [1.807, 2.05) is 46.2 Å². The number of amides is 1. The van der Waals surface area contributed by atoms with Gasteiger partial charge in [0.05, 0.1) is 22.0 Å². The number of carbonyl (C=O) groups excluding carboxylic acids is 1. The van der Waals surface area contributed by atoms with Crippen LogP contribution in [0.25, 0.3) is 11.8 Å². The van der Waals surface area contributed by atoms with E-state index in [0.717, 1.165) is 11.8 Å². The minimum absolute atomic E-state index is 0.0253. The van der Waals surface area contributed by atoms with Gasteiger partial charge in [-0.3, -0.25) is 28.5 Å². The van der Waals surface area contributed by atoms with E-state index in [2.05, 4.69) is 0 Å². The number of aromatic nitrogens is 3. The van der Waals surface area contributed by atoms with E-state index in [-0.39, 0.29) is 31.9 Å². The molecule has 0 bridgehead atoms. The Morgan fingerprint density at radius 2 is 1.54 bits per heavy atom. The molecular formula is C33H30FN7O3S2. The molecule has 13 heteroatoms. The Hall–Kier alpha value is -4.93. The van der Waals surface area contributed by atoms with E-state index in [4.69, 9.17) is 12.2 Å². The van der Waals surface area contributed by atoms with Crippen molar-refractivity contribution in [3.63, 3.8) is 0 Å². The van der Waals surface area contributed by atoms with E-state index < -0.39 is 11.5 Å². The van der Waals surface area contributed by atoms with Crippen LogP contribution in [0.3, 0.4) is 0 Å². The van der Waals surface area contributed by atoms with Crippen molar-refractivity contribution in [2.75, 3.05) is 40.9 Å². The summed E-state index contributed by atoms with van der Waals surface area (Å²) in [6.07, 6.45) is 1.65. The highest BCUT2D eigenvalue weighted by Gasteiger charge is 2.38. The molecule has 4 heterocycles. The summed E-state index contributed by atoms with van der Waals surface area (Å²) >= 11 is 6.71. The summed E-state index contributed by atoms with van der Waals surface area (Å²) in [6.45, 7) is 5.38. The first-order valence-corrected chi connectivity index (χ1v) is 15.8. The second kappa shape index (κ2) is 12.1. The van der Waals surface area contributed by atoms with Gasteiger partial charge in [0.2, 0.25) is 0 Å². The number of benzene rings is 2. The van der Waals surface area contributed by atoms with Crippen LogP contribution in [0.5, 0.6) is 0 Å². The van der Waals surface area contributed by atoms with Gasteiger partial charge in [-0.05, 0) is 49.8 Å². The monoisotopic (exact) mass is 655 g/mol. The molecule has 6 rings (SSSR count). The summed E-state index contributed by atoms with van der Waals surface area (Å²) in [4.78, 5) is 46.5. The topological polar surface area (TPSA) is 99.5 Å². The molecule has 0 unspecified atom stereocenters. The zero-order valence-electron chi connectivity index (χ0n) is 25.7. The van der Waals surface area contributed by atoms with Crippen LogP contribution in [0.4, 0.5) is 21.6 Å². The number of halogens is 1. The molecule has 0 N–H and O–H groups in total. The molecule has 0 aliphatic carbocycles. The Morgan fingerprint density at radius 1 is 0.913 bits per heavy atom. The molecule has 234 valence electrons. The smallest absolute Gasteiger partial charge is 0.296 e. The lowest BCUT2D eigenvalue weighted by molar-refractivity contribution is -0.113. The Bertz CT molecular complexity index is 2100. The van der Waals surface area contributed by atoms with Gasteiger partial charge in [-0.25, -0.2) is 9.07 Å². The molecule has 46 heavy (non-hydrogen) atoms. The summed E-state index contributed by atoms with van der Waals surface area (Å²) in [5.74, 6) is -0.227. The van der Waals surface area contributed by atoms with E-state index in [1.165, 1.54) is 20.2 Å². The van der Waals surface area contributed by atoms with Crippen molar-refractivity contribution in [1.29, 1.82) is 5.26 Å². The van der Waals surface area contributed by atoms with Crippen LogP contribution in [0.15, 0.2) is 69.1 Å². The first kappa shape index (κ1) is 31.1. The van der Waals surface area contributed by atoms with Gasteiger partial charge in [0, 0.05) is 45.8 Å². The van der Waals surface area contributed by atoms with Crippen LogP contribution < -0.4 is 25.8 Å². The van der Waals surface area contributed by atoms with Gasteiger partial charge in [-0.1, -0.05) is 54.3 Å². The zero-order valence-corrected chi connectivity index (χ0v) is 27.3. The average molecular weight is 656 g/mol. The number of piperazine rings is 1. The highest BCUT2D eigenvalue weighted by Crippen LogP contribution is 2.38. The fourth-order valence-corrected chi connectivity index (χ4v) is 7.32. The molecule has 2 aliphatic heterocycles. The molecule has 0 atom stereocenters. The molecule has 1 amide bonds. The summed E-state index contributed by atoms with van der Waals surface area (Å²) in [7, 11) is 3.35. The van der Waals surface area contributed by atoms with Gasteiger partial charge < -0.3 is 9.80 Å². The molecule has 0 saturated carbocycles. The molecule has 2 fully saturated rings. The highest BCUT2D eigenvalue weighted by molar-refractivity contribution is 8.27. The molecule has 2 aliphatic rings. The molecule has 0 radical (unpaired) electrons. The van der Waals surface area contributed by atoms with Gasteiger partial charge in [0.15, 0.2) is 4.32 Å². The number of para-hydroxylation sites is 2. The molecular weight excluding hydrogens is 626 g/mol. The predicted molar refractivity (Wildman–Crippen MR) is 183 cm³/mol. The normalized spacial score (nSPS) is 16.1. The number of nitriles is 1. The van der Waals surface area contributed by atoms with Gasteiger partial charge in [-0.2, -0.15) is 5.26 Å². The second-order valence-corrected chi connectivity index (χ2v) is 12.7. The lowest BCUT2D eigenvalue weighted by Gasteiger charge is -2.38. The maximum Gasteiger partial charge on any atom is 0.296 e. The molecule has 2 aromatic heterocycles. The van der Waals surface area contributed by atoms with E-state index >= 15 is 0 Å². The Morgan fingerprint density at radius 3 is 2.20 bits per heavy atom. The minimum atomic E-state index is -0.469. The summed E-state index contributed by atoms with van der Waals surface area (Å²) in [5, 5.41) is 9.88. The maximum atomic E-state index is 14.5. The van der Waals surface area contributed by atoms with Crippen LogP contribution in [-0.4, -0.2) is 50.3 Å². The third-order valence-electron chi connectivity index (χ3n) is 8.56. The Labute approximate surface area is 274 Å². The van der Waals surface area contributed by atoms with Gasteiger partial charge in [0.1, 0.15) is 29.0 Å². The third kappa shape index (κ3) is 5.03. The van der Waals surface area contributed by atoms with Gasteiger partial charge in [-0.15, -0.1) is 0 Å². The van der Waals surface area contributed by atoms with Crippen molar-refractivity contribution < 1.29 is 9.18 Å². The van der Waals surface area contributed by atoms with Crippen molar-refractivity contribution in [3.05, 3.63) is 108 Å². The fourth-order valence-electron chi connectivity index (χ4n) is 6.06. The first-order valence-electron chi connectivity index (χ1n) is 14.5. The molecule has 2 saturated heterocycles. The van der Waals surface area contributed by atoms with E-state index in [0.29, 0.717) is 60.2 Å². The standard InChI is InChI=1S/C33H30FN7O3S2/c1-20-23(29(36(3)30(42)24(20)19-35)39-16-14-38(15-17-39)26-13-9-8-12-25(26)34)18-27-31(43)40(33(45)46-27)28-21(2)37(4)41(32(28)44)22-10-6-5-7-11-22/h5-13,18H,14-17H2,1-4H3/b27-18+. The summed E-state index contributed by atoms with van der Waals surface area (Å²) in [6, 6.07) is 17.8. The number of hydrogen-bond acceptors (Lipinski definition) is 8. The van der Waals surface area contributed by atoms with Gasteiger partial charge >= 0.3 is 0 Å². The molecule has 2 aromatic carbocycles. The maximum absolute atomic E-state index is 14.5. The minimum Gasteiger partial charge on any atom is -0.366 e. The quantitative estimate of drug-likeness (QED) is 0.233. The van der Waals surface area contributed by atoms with Crippen LogP contribution in [0.2, 0.25) is 0 Å². The number of nitrogens with zero attached hydrogens (tertiary/aromatic N) is 7. The SMILES string of the molecule is Cc1c(/C=C2/SC(=S)N(c3c(C)n(C)n(-c4ccccc4)c3=O)C2=O)c(N2CCN(c3ccccc3F)CC2)n(C)c(=O)c1C#N. The Kier molecular flexibility index (Phi) is 8.18. The Balaban J connectivity index is 1.40. The van der Waals surface area contributed by atoms with Crippen molar-refractivity contribution in [2.45, 2.75) is 13.8 Å². The van der Waals surface area contributed by atoms with Crippen LogP contribution >= 0.6 is 24.0 Å². The molecule has 10 nitrogen and oxygen atoms in total. The molecule has 4 aromatic rings. The number of carbonyl (C=O) groups is 1. The van der Waals surface area contributed by atoms with Crippen molar-refractivity contribution in [1.82, 2.24) is 13.9 Å². The molecule has 0 spiro atoms. The largest absolute Gasteiger partial charge is 0.366 e. The number of anilines is 3. The first-order chi connectivity index (χ1) is 22.0. The van der Waals surface area contributed by atoms with E-state index in [1.54, 1.807) is 56.9 Å². The lowest BCUT2D eigenvalue weighted by atomic mass is 10.0. The van der Waals surface area contributed by atoms with Crippen LogP contribution in [-0.2, 0) is 18.9 Å². The lowest BCUT2D eigenvalue weighted by Crippen LogP contribution is -2.48. The van der Waals surface area contributed by atoms with Crippen molar-refractivity contribution in [3.8, 4) is 11.8 Å². The van der Waals surface area contributed by atoms with Gasteiger partial charge in [0.25, 0.3) is 17.0 Å². The number of pyridine rings is 1. The number of thioether (sulfide) groups is 1. The average Bonchev–Trinajstić information content (AvgIpc) is 3.45. The summed E-state index contributed by atoms with van der Waals surface area (Å²) in [5.41, 5.74) is 1.99. The predicted octanol–water partition coefficient (Wildman–Crippen LogP) is 4.23. The number of hydrogen-bond donors (Lipinski definition) is 0. The second-order valence-electron chi connectivity index (χ2n) is 11.1. The van der Waals surface area contributed by atoms with Crippen molar-refractivity contribution >= 4 is 57.5 Å². The number of thiocarbonyl (C=S) groups is 1. The number of rotatable bonds is 5. The van der Waals surface area contributed by atoms with E-state index in [9.17, 15) is 24.0 Å². The third-order valence-corrected chi connectivity index (χ3v) is 9.86. The highest BCUT2D eigenvalue weighted by atomic mass is 32.2. The fraction of sp³-hybridized carbons (Fsp3) is 0.242. The van der Waals surface area contributed by atoms with Crippen LogP contribution in [0.1, 0.15) is 22.4 Å².